The summed E-state index contributed by atoms with van der Waals surface area (Å²) in [5.74, 6) is 0.196. The monoisotopic (exact) mass is 220 g/mol. The summed E-state index contributed by atoms with van der Waals surface area (Å²) in [7, 11) is 2.12. The van der Waals surface area contributed by atoms with Gasteiger partial charge in [0.25, 0.3) is 0 Å². The smallest absolute Gasteiger partial charge is 0.235 e. The van der Waals surface area contributed by atoms with Crippen molar-refractivity contribution in [1.82, 2.24) is 10.2 Å². The number of carbonyl (C=O) groups is 1. The lowest BCUT2D eigenvalue weighted by Gasteiger charge is -2.36. The summed E-state index contributed by atoms with van der Waals surface area (Å²) in [6, 6.07) is 0. The zero-order valence-electron chi connectivity index (χ0n) is 10.3. The Bertz CT molecular complexity index is 360. The van der Waals surface area contributed by atoms with E-state index in [1.54, 1.807) is 0 Å². The lowest BCUT2D eigenvalue weighted by atomic mass is 9.73. The summed E-state index contributed by atoms with van der Waals surface area (Å²) in [5, 5.41) is 3.02. The number of amides is 1. The summed E-state index contributed by atoms with van der Waals surface area (Å²) in [6.45, 7) is 6.01. The predicted molar refractivity (Wildman–Crippen MR) is 64.8 cm³/mol. The van der Waals surface area contributed by atoms with Crippen molar-refractivity contribution in [2.45, 2.75) is 26.7 Å². The van der Waals surface area contributed by atoms with Crippen molar-refractivity contribution < 1.29 is 4.79 Å². The zero-order valence-corrected chi connectivity index (χ0v) is 10.3. The first kappa shape index (κ1) is 11.4. The first-order valence-corrected chi connectivity index (χ1v) is 5.97. The Hall–Kier alpha value is -1.09. The van der Waals surface area contributed by atoms with Gasteiger partial charge in [0.2, 0.25) is 5.91 Å². The van der Waals surface area contributed by atoms with E-state index in [4.69, 9.17) is 0 Å². The van der Waals surface area contributed by atoms with Crippen molar-refractivity contribution in [3.63, 3.8) is 0 Å². The van der Waals surface area contributed by atoms with Gasteiger partial charge in [0.05, 0.1) is 5.41 Å². The number of carbonyl (C=O) groups excluding carboxylic acids is 1. The van der Waals surface area contributed by atoms with Crippen LogP contribution in [-0.4, -0.2) is 30.9 Å². The van der Waals surface area contributed by atoms with Crippen LogP contribution in [0, 0.1) is 5.41 Å². The van der Waals surface area contributed by atoms with Crippen LogP contribution < -0.4 is 5.32 Å². The second-order valence-electron chi connectivity index (χ2n) is 4.74. The minimum absolute atomic E-state index is 0.196. The molecule has 2 saturated heterocycles. The van der Waals surface area contributed by atoms with E-state index in [-0.39, 0.29) is 11.3 Å². The maximum Gasteiger partial charge on any atom is 0.235 e. The molecule has 0 radical (unpaired) electrons. The van der Waals surface area contributed by atoms with Gasteiger partial charge >= 0.3 is 0 Å². The number of hydrogen-bond donors (Lipinski definition) is 1. The molecule has 0 saturated carbocycles. The van der Waals surface area contributed by atoms with Gasteiger partial charge in [-0.15, -0.1) is 0 Å². The van der Waals surface area contributed by atoms with Gasteiger partial charge in [0.1, 0.15) is 0 Å². The summed E-state index contributed by atoms with van der Waals surface area (Å²) in [6.07, 6.45) is 5.97. The van der Waals surface area contributed by atoms with Crippen LogP contribution in [0.5, 0.6) is 0 Å². The third kappa shape index (κ3) is 1.50. The van der Waals surface area contributed by atoms with Gasteiger partial charge in [-0.25, -0.2) is 0 Å². The normalized spacial score (nSPS) is 30.3. The van der Waals surface area contributed by atoms with E-state index >= 15 is 0 Å². The first-order chi connectivity index (χ1) is 7.64. The molecule has 0 aromatic heterocycles. The van der Waals surface area contributed by atoms with E-state index in [0.29, 0.717) is 0 Å². The molecule has 3 heteroatoms. The predicted octanol–water partition coefficient (Wildman–Crippen LogP) is 1.68. The quantitative estimate of drug-likeness (QED) is 0.673. The van der Waals surface area contributed by atoms with E-state index in [9.17, 15) is 4.79 Å². The molecule has 0 aromatic carbocycles. The molecule has 2 aliphatic rings. The molecule has 2 aliphatic heterocycles. The van der Waals surface area contributed by atoms with Crippen LogP contribution in [0.1, 0.15) is 26.7 Å². The zero-order chi connectivity index (χ0) is 11.8. The van der Waals surface area contributed by atoms with Crippen molar-refractivity contribution in [3.8, 4) is 0 Å². The van der Waals surface area contributed by atoms with Crippen molar-refractivity contribution in [2.24, 2.45) is 5.41 Å². The largest absolute Gasteiger partial charge is 0.325 e. The third-order valence-electron chi connectivity index (χ3n) is 3.91. The number of hydrogen-bond acceptors (Lipinski definition) is 2. The third-order valence-corrected chi connectivity index (χ3v) is 3.91. The van der Waals surface area contributed by atoms with Crippen LogP contribution in [-0.2, 0) is 4.79 Å². The minimum Gasteiger partial charge on any atom is -0.325 e. The van der Waals surface area contributed by atoms with Gasteiger partial charge in [0.15, 0.2) is 0 Å². The molecule has 0 atom stereocenters. The van der Waals surface area contributed by atoms with Crippen LogP contribution in [0.25, 0.3) is 0 Å². The van der Waals surface area contributed by atoms with E-state index in [1.807, 2.05) is 19.9 Å². The Morgan fingerprint density at radius 2 is 1.88 bits per heavy atom. The number of allylic oxidation sites excluding steroid dienone is 3. The summed E-state index contributed by atoms with van der Waals surface area (Å²) >= 11 is 0. The van der Waals surface area contributed by atoms with Crippen molar-refractivity contribution in [2.75, 3.05) is 20.1 Å². The molecule has 1 amide bonds. The first-order valence-electron chi connectivity index (χ1n) is 5.97. The molecular formula is C13H20N2O. The molecule has 0 bridgehead atoms. The number of nitrogens with zero attached hydrogens (tertiary/aromatic N) is 1. The molecule has 2 heterocycles. The van der Waals surface area contributed by atoms with Crippen molar-refractivity contribution in [1.29, 1.82) is 0 Å². The van der Waals surface area contributed by atoms with Gasteiger partial charge < -0.3 is 10.2 Å². The molecule has 16 heavy (non-hydrogen) atoms. The van der Waals surface area contributed by atoms with Crippen molar-refractivity contribution >= 4 is 5.91 Å². The standard InChI is InChI=1S/C13H20N2O/c1-4-10-11(5-2)14-12(16)13(10)6-8-15(3)9-7-13/h4-5H,6-9H2,1-3H3,(H,14,16)/b10-4+,11-5+. The van der Waals surface area contributed by atoms with Gasteiger partial charge in [-0.2, -0.15) is 0 Å². The maximum absolute atomic E-state index is 12.2. The second kappa shape index (κ2) is 4.06. The average Bonchev–Trinajstić information content (AvgIpc) is 2.56. The van der Waals surface area contributed by atoms with Gasteiger partial charge in [0, 0.05) is 5.70 Å². The van der Waals surface area contributed by atoms with Crippen molar-refractivity contribution in [3.05, 3.63) is 23.4 Å². The van der Waals surface area contributed by atoms with Crippen LogP contribution in [0.15, 0.2) is 23.4 Å². The Labute approximate surface area is 97.2 Å². The van der Waals surface area contributed by atoms with Gasteiger partial charge in [-0.1, -0.05) is 12.2 Å². The van der Waals surface area contributed by atoms with Crippen LogP contribution >= 0.6 is 0 Å². The second-order valence-corrected chi connectivity index (χ2v) is 4.74. The number of piperidine rings is 1. The highest BCUT2D eigenvalue weighted by molar-refractivity contribution is 5.93. The molecule has 2 rings (SSSR count). The number of nitrogens with one attached hydrogen (secondary N) is 1. The topological polar surface area (TPSA) is 32.3 Å². The fourth-order valence-electron chi connectivity index (χ4n) is 2.85. The number of rotatable bonds is 0. The lowest BCUT2D eigenvalue weighted by Crippen LogP contribution is -2.43. The Balaban J connectivity index is 2.36. The lowest BCUT2D eigenvalue weighted by molar-refractivity contribution is -0.128. The molecule has 1 spiro atoms. The Morgan fingerprint density at radius 1 is 1.25 bits per heavy atom. The molecule has 2 fully saturated rings. The summed E-state index contributed by atoms with van der Waals surface area (Å²) in [5.41, 5.74) is 1.97. The Kier molecular flexibility index (Phi) is 2.89. The van der Waals surface area contributed by atoms with E-state index < -0.39 is 0 Å². The fourth-order valence-corrected chi connectivity index (χ4v) is 2.85. The molecule has 88 valence electrons. The maximum atomic E-state index is 12.2. The highest BCUT2D eigenvalue weighted by atomic mass is 16.2. The number of likely N-dealkylation sites (tertiary alicyclic amines) is 1. The highest BCUT2D eigenvalue weighted by Gasteiger charge is 2.49. The molecular weight excluding hydrogens is 200 g/mol. The van der Waals surface area contributed by atoms with Crippen LogP contribution in [0.3, 0.4) is 0 Å². The SMILES string of the molecule is C/C=C1\C(=C/C)NC(=O)C12CCN(C)CC2. The van der Waals surface area contributed by atoms with E-state index in [1.165, 1.54) is 5.57 Å². The molecule has 3 nitrogen and oxygen atoms in total. The van der Waals surface area contributed by atoms with Gasteiger partial charge in [-0.3, -0.25) is 4.79 Å². The van der Waals surface area contributed by atoms with E-state index in [0.717, 1.165) is 31.6 Å². The van der Waals surface area contributed by atoms with Crippen LogP contribution in [0.2, 0.25) is 0 Å². The van der Waals surface area contributed by atoms with E-state index in [2.05, 4.69) is 23.3 Å². The van der Waals surface area contributed by atoms with Crippen LogP contribution in [0.4, 0.5) is 0 Å². The highest BCUT2D eigenvalue weighted by Crippen LogP contribution is 2.45. The molecule has 0 unspecified atom stereocenters. The average molecular weight is 220 g/mol. The molecule has 0 aromatic rings. The summed E-state index contributed by atoms with van der Waals surface area (Å²) < 4.78 is 0. The Morgan fingerprint density at radius 3 is 2.38 bits per heavy atom. The summed E-state index contributed by atoms with van der Waals surface area (Å²) in [4.78, 5) is 14.5. The molecule has 0 aliphatic carbocycles. The molecule has 1 N–H and O–H groups in total. The van der Waals surface area contributed by atoms with Gasteiger partial charge in [-0.05, 0) is 52.4 Å². The minimum atomic E-state index is -0.247. The fraction of sp³-hybridized carbons (Fsp3) is 0.615.